The van der Waals surface area contributed by atoms with Gasteiger partial charge >= 0.3 is 0 Å². The third kappa shape index (κ3) is 3.59. The summed E-state index contributed by atoms with van der Waals surface area (Å²) in [6.07, 6.45) is 2.12. The number of ketones is 1. The number of para-hydroxylation sites is 1. The number of anilines is 1. The average Bonchev–Trinajstić information content (AvgIpc) is 2.68. The molecule has 2 aromatic rings. The lowest BCUT2D eigenvalue weighted by Gasteiger charge is -2.43. The molecule has 2 aliphatic rings. The first-order valence-corrected chi connectivity index (χ1v) is 11.1. The second kappa shape index (κ2) is 7.86. The molecule has 1 aliphatic heterocycles. The zero-order valence-electron chi connectivity index (χ0n) is 17.5. The normalized spacial score (nSPS) is 21.1. The van der Waals surface area contributed by atoms with Gasteiger partial charge in [-0.15, -0.1) is 0 Å². The largest absolute Gasteiger partial charge is 0.294 e. The number of halogens is 2. The van der Waals surface area contributed by atoms with Crippen molar-refractivity contribution in [2.75, 3.05) is 4.90 Å². The molecule has 0 fully saturated rings. The highest BCUT2D eigenvalue weighted by Crippen LogP contribution is 2.50. The molecule has 2 aromatic carbocycles. The van der Waals surface area contributed by atoms with Crippen LogP contribution < -0.4 is 4.90 Å². The first-order valence-electron chi connectivity index (χ1n) is 10.3. The monoisotopic (exact) mass is 441 g/mol. The number of Topliss-reactive ketones (excluding diaryl/α,β-unsaturated/α-hetero) is 1. The van der Waals surface area contributed by atoms with Crippen LogP contribution in [0.5, 0.6) is 0 Å². The summed E-state index contributed by atoms with van der Waals surface area (Å²) in [7, 11) is 0. The standard InChI is InChI=1S/C25H25Cl2NO2/c1-4-15-8-5-6-11-19(15)28-20-13-25(2,3)14-21(29)23(20)17(12-22(28)30)16-9-7-10-18(26)24(16)27/h5-11,17H,4,12-14H2,1-3H3. The first kappa shape index (κ1) is 21.1. The molecular weight excluding hydrogens is 417 g/mol. The van der Waals surface area contributed by atoms with E-state index in [4.69, 9.17) is 23.2 Å². The van der Waals surface area contributed by atoms with E-state index >= 15 is 0 Å². The molecule has 0 saturated carbocycles. The molecule has 1 aliphatic carbocycles. The van der Waals surface area contributed by atoms with Crippen molar-refractivity contribution < 1.29 is 9.59 Å². The minimum Gasteiger partial charge on any atom is -0.294 e. The molecule has 0 N–H and O–H groups in total. The number of nitrogens with zero attached hydrogens (tertiary/aromatic N) is 1. The fourth-order valence-electron chi connectivity index (χ4n) is 4.78. The Hall–Kier alpha value is -2.10. The van der Waals surface area contributed by atoms with Crippen LogP contribution in [0, 0.1) is 5.41 Å². The van der Waals surface area contributed by atoms with Gasteiger partial charge in [-0.1, -0.05) is 74.3 Å². The molecule has 156 valence electrons. The summed E-state index contributed by atoms with van der Waals surface area (Å²) in [4.78, 5) is 28.7. The van der Waals surface area contributed by atoms with E-state index in [-0.39, 0.29) is 29.4 Å². The van der Waals surface area contributed by atoms with Crippen molar-refractivity contribution in [3.05, 3.63) is 74.9 Å². The summed E-state index contributed by atoms with van der Waals surface area (Å²) >= 11 is 12.8. The molecule has 1 amide bonds. The Labute approximate surface area is 187 Å². The fraction of sp³-hybridized carbons (Fsp3) is 0.360. The number of amides is 1. The van der Waals surface area contributed by atoms with Gasteiger partial charge in [-0.3, -0.25) is 14.5 Å². The third-order valence-electron chi connectivity index (χ3n) is 6.11. The van der Waals surface area contributed by atoms with Gasteiger partial charge in [-0.25, -0.2) is 0 Å². The second-order valence-electron chi connectivity index (χ2n) is 8.91. The Kier molecular flexibility index (Phi) is 5.54. The molecule has 4 rings (SSSR count). The average molecular weight is 442 g/mol. The van der Waals surface area contributed by atoms with Crippen molar-refractivity contribution in [2.45, 2.75) is 52.4 Å². The predicted octanol–water partition coefficient (Wildman–Crippen LogP) is 6.72. The molecule has 3 nitrogen and oxygen atoms in total. The zero-order valence-corrected chi connectivity index (χ0v) is 19.0. The molecule has 30 heavy (non-hydrogen) atoms. The van der Waals surface area contributed by atoms with Gasteiger partial charge in [-0.2, -0.15) is 0 Å². The minimum atomic E-state index is -0.368. The van der Waals surface area contributed by atoms with Crippen LogP contribution in [-0.2, 0) is 16.0 Å². The lowest BCUT2D eigenvalue weighted by molar-refractivity contribution is -0.121. The maximum absolute atomic E-state index is 13.5. The van der Waals surface area contributed by atoms with Gasteiger partial charge in [0.2, 0.25) is 5.91 Å². The Morgan fingerprint density at radius 3 is 2.50 bits per heavy atom. The predicted molar refractivity (Wildman–Crippen MR) is 122 cm³/mol. The quantitative estimate of drug-likeness (QED) is 0.529. The minimum absolute atomic E-state index is 0.0128. The van der Waals surface area contributed by atoms with Crippen LogP contribution in [0.25, 0.3) is 0 Å². The van der Waals surface area contributed by atoms with Crippen molar-refractivity contribution in [2.24, 2.45) is 5.41 Å². The summed E-state index contributed by atoms with van der Waals surface area (Å²) in [6, 6.07) is 13.4. The van der Waals surface area contributed by atoms with Crippen LogP contribution >= 0.6 is 23.2 Å². The third-order valence-corrected chi connectivity index (χ3v) is 6.95. The number of hydrogen-bond acceptors (Lipinski definition) is 2. The number of allylic oxidation sites excluding steroid dienone is 2. The molecule has 5 heteroatoms. The van der Waals surface area contributed by atoms with E-state index in [1.165, 1.54) is 0 Å². The lowest BCUT2D eigenvalue weighted by Crippen LogP contribution is -2.44. The summed E-state index contributed by atoms with van der Waals surface area (Å²) in [5.41, 5.74) is 4.03. The Morgan fingerprint density at radius 2 is 1.77 bits per heavy atom. The lowest BCUT2D eigenvalue weighted by atomic mass is 9.69. The first-order chi connectivity index (χ1) is 14.2. The van der Waals surface area contributed by atoms with Crippen molar-refractivity contribution in [3.63, 3.8) is 0 Å². The number of carbonyl (C=O) groups is 2. The maximum Gasteiger partial charge on any atom is 0.232 e. The Morgan fingerprint density at radius 1 is 1.03 bits per heavy atom. The molecule has 1 unspecified atom stereocenters. The van der Waals surface area contributed by atoms with Crippen LogP contribution in [0.4, 0.5) is 5.69 Å². The number of rotatable bonds is 3. The Bertz CT molecular complexity index is 1070. The van der Waals surface area contributed by atoms with Gasteiger partial charge in [0.25, 0.3) is 0 Å². The van der Waals surface area contributed by atoms with Crippen LogP contribution in [0.2, 0.25) is 10.0 Å². The van der Waals surface area contributed by atoms with E-state index in [1.807, 2.05) is 36.4 Å². The van der Waals surface area contributed by atoms with Gasteiger partial charge < -0.3 is 0 Å². The van der Waals surface area contributed by atoms with E-state index in [0.717, 1.165) is 28.9 Å². The highest BCUT2D eigenvalue weighted by Gasteiger charge is 2.45. The highest BCUT2D eigenvalue weighted by molar-refractivity contribution is 6.42. The SMILES string of the molecule is CCc1ccccc1N1C(=O)CC(c2cccc(Cl)c2Cl)C2=C1CC(C)(C)CC2=O. The van der Waals surface area contributed by atoms with E-state index in [2.05, 4.69) is 20.8 Å². The molecule has 0 spiro atoms. The van der Waals surface area contributed by atoms with E-state index in [1.54, 1.807) is 11.0 Å². The number of hydrogen-bond donors (Lipinski definition) is 0. The van der Waals surface area contributed by atoms with Gasteiger partial charge in [0.1, 0.15) is 0 Å². The van der Waals surface area contributed by atoms with Crippen LogP contribution in [-0.4, -0.2) is 11.7 Å². The van der Waals surface area contributed by atoms with Gasteiger partial charge in [0.05, 0.1) is 15.7 Å². The fourth-order valence-corrected chi connectivity index (χ4v) is 5.22. The molecule has 0 aromatic heterocycles. The van der Waals surface area contributed by atoms with Crippen LogP contribution in [0.3, 0.4) is 0 Å². The van der Waals surface area contributed by atoms with Gasteiger partial charge in [0.15, 0.2) is 5.78 Å². The molecule has 1 heterocycles. The molecular formula is C25H25Cl2NO2. The van der Waals surface area contributed by atoms with Gasteiger partial charge in [-0.05, 0) is 41.5 Å². The topological polar surface area (TPSA) is 37.4 Å². The summed E-state index contributed by atoms with van der Waals surface area (Å²) in [5.74, 6) is -0.290. The van der Waals surface area contributed by atoms with Gasteiger partial charge in [0, 0.05) is 30.0 Å². The zero-order chi connectivity index (χ0) is 21.6. The molecule has 1 atom stereocenters. The molecule has 0 radical (unpaired) electrons. The van der Waals surface area contributed by atoms with E-state index < -0.39 is 0 Å². The van der Waals surface area contributed by atoms with E-state index in [0.29, 0.717) is 28.5 Å². The highest BCUT2D eigenvalue weighted by atomic mass is 35.5. The smallest absolute Gasteiger partial charge is 0.232 e. The van der Waals surface area contributed by atoms with E-state index in [9.17, 15) is 9.59 Å². The maximum atomic E-state index is 13.5. The summed E-state index contributed by atoms with van der Waals surface area (Å²) < 4.78 is 0. The van der Waals surface area contributed by atoms with Crippen molar-refractivity contribution in [3.8, 4) is 0 Å². The molecule has 0 saturated heterocycles. The van der Waals surface area contributed by atoms with Crippen molar-refractivity contribution in [1.82, 2.24) is 0 Å². The summed E-state index contributed by atoms with van der Waals surface area (Å²) in [6.45, 7) is 6.24. The van der Waals surface area contributed by atoms with Crippen molar-refractivity contribution >= 4 is 40.6 Å². The second-order valence-corrected chi connectivity index (χ2v) is 9.70. The van der Waals surface area contributed by atoms with Crippen molar-refractivity contribution in [1.29, 1.82) is 0 Å². The Balaban J connectivity index is 1.95. The van der Waals surface area contributed by atoms with Crippen LogP contribution in [0.1, 0.15) is 57.1 Å². The number of benzene rings is 2. The summed E-state index contributed by atoms with van der Waals surface area (Å²) in [5, 5.41) is 0.856. The number of carbonyl (C=O) groups excluding carboxylic acids is 2. The molecule has 0 bridgehead atoms. The number of aryl methyl sites for hydroxylation is 1. The van der Waals surface area contributed by atoms with Crippen LogP contribution in [0.15, 0.2) is 53.7 Å².